The maximum absolute atomic E-state index is 11.6. The fourth-order valence-corrected chi connectivity index (χ4v) is 2.94. The van der Waals surface area contributed by atoms with Crippen LogP contribution in [0, 0.1) is 5.21 Å². The summed E-state index contributed by atoms with van der Waals surface area (Å²) in [5.41, 5.74) is 2.11. The highest BCUT2D eigenvalue weighted by atomic mass is 16.7. The highest BCUT2D eigenvalue weighted by Gasteiger charge is 2.14. The Kier molecular flexibility index (Phi) is 5.26. The summed E-state index contributed by atoms with van der Waals surface area (Å²) in [4.78, 5) is 8.42. The van der Waals surface area contributed by atoms with Gasteiger partial charge in [0.15, 0.2) is 17.8 Å². The topological polar surface area (TPSA) is 113 Å². The highest BCUT2D eigenvalue weighted by Crippen LogP contribution is 2.32. The molecule has 10 nitrogen and oxygen atoms in total. The van der Waals surface area contributed by atoms with Crippen LogP contribution in [0.3, 0.4) is 0 Å². The minimum Gasteiger partial charge on any atom is -0.721 e. The molecule has 0 saturated carbocycles. The van der Waals surface area contributed by atoms with Crippen LogP contribution in [0.25, 0.3) is 11.2 Å². The Balaban J connectivity index is 1.12. The first-order valence-corrected chi connectivity index (χ1v) is 8.87. The molecule has 3 aromatic rings. The van der Waals surface area contributed by atoms with Crippen LogP contribution in [0.1, 0.15) is 12.0 Å². The second kappa shape index (κ2) is 8.14. The Morgan fingerprint density at radius 1 is 1.15 bits per heavy atom. The van der Waals surface area contributed by atoms with Gasteiger partial charge in [0.25, 0.3) is 0 Å². The SMILES string of the molecule is [O-][n+]1nn(CCCNCCNCc2ccc3c(c2)OCO3)c2cncnc21. The number of aryl methyl sites for hydroxylation is 1. The number of nitrogens with one attached hydrogen (secondary N) is 2. The average molecular weight is 371 g/mol. The van der Waals surface area contributed by atoms with Crippen LogP contribution in [-0.2, 0) is 13.1 Å². The van der Waals surface area contributed by atoms with Gasteiger partial charge in [-0.05, 0) is 30.7 Å². The minimum atomic E-state index is 0.297. The van der Waals surface area contributed by atoms with Crippen molar-refractivity contribution in [1.82, 2.24) is 30.5 Å². The molecule has 3 heterocycles. The molecule has 0 fully saturated rings. The van der Waals surface area contributed by atoms with Crippen molar-refractivity contribution >= 4 is 11.2 Å². The third-order valence-corrected chi connectivity index (χ3v) is 4.29. The van der Waals surface area contributed by atoms with Crippen LogP contribution in [0.15, 0.2) is 30.7 Å². The standard InChI is InChI=1S/C17H21N7O3/c25-24-17-14(10-20-11-21-17)23(22-24)7-1-4-18-5-6-19-9-13-2-3-15-16(8-13)27-12-26-15/h2-3,8,10-11,18-19H,1,4-7,9,12H2. The lowest BCUT2D eigenvalue weighted by Gasteiger charge is -2.07. The number of hydrogen-bond donors (Lipinski definition) is 2. The maximum atomic E-state index is 11.6. The van der Waals surface area contributed by atoms with E-state index in [9.17, 15) is 5.21 Å². The van der Waals surface area contributed by atoms with Crippen molar-refractivity contribution in [3.05, 3.63) is 41.5 Å². The van der Waals surface area contributed by atoms with E-state index in [2.05, 4.69) is 25.8 Å². The van der Waals surface area contributed by atoms with E-state index in [1.807, 2.05) is 18.2 Å². The molecule has 0 spiro atoms. The molecule has 10 heteroatoms. The van der Waals surface area contributed by atoms with Crippen molar-refractivity contribution in [3.63, 3.8) is 0 Å². The molecule has 1 aromatic carbocycles. The van der Waals surface area contributed by atoms with E-state index >= 15 is 0 Å². The van der Waals surface area contributed by atoms with Gasteiger partial charge in [0.1, 0.15) is 0 Å². The molecule has 0 unspecified atom stereocenters. The first kappa shape index (κ1) is 17.4. The summed E-state index contributed by atoms with van der Waals surface area (Å²) in [6, 6.07) is 5.98. The second-order valence-corrected chi connectivity index (χ2v) is 6.19. The molecule has 142 valence electrons. The van der Waals surface area contributed by atoms with Crippen LogP contribution >= 0.6 is 0 Å². The molecule has 1 aliphatic rings. The third-order valence-electron chi connectivity index (χ3n) is 4.29. The predicted molar refractivity (Wildman–Crippen MR) is 96.0 cm³/mol. The maximum Gasteiger partial charge on any atom is 0.327 e. The van der Waals surface area contributed by atoms with Crippen molar-refractivity contribution < 1.29 is 14.3 Å². The second-order valence-electron chi connectivity index (χ2n) is 6.19. The number of rotatable bonds is 9. The lowest BCUT2D eigenvalue weighted by atomic mass is 10.2. The number of benzene rings is 1. The molecule has 27 heavy (non-hydrogen) atoms. The molecular weight excluding hydrogens is 350 g/mol. The van der Waals surface area contributed by atoms with Crippen molar-refractivity contribution in [3.8, 4) is 11.5 Å². The van der Waals surface area contributed by atoms with Gasteiger partial charge in [-0.15, -0.1) is 4.85 Å². The molecule has 0 amide bonds. The van der Waals surface area contributed by atoms with E-state index in [1.54, 1.807) is 10.9 Å². The zero-order valence-corrected chi connectivity index (χ0v) is 14.8. The van der Waals surface area contributed by atoms with Crippen LogP contribution in [0.4, 0.5) is 0 Å². The van der Waals surface area contributed by atoms with Gasteiger partial charge in [-0.2, -0.15) is 4.68 Å². The molecule has 2 N–H and O–H groups in total. The highest BCUT2D eigenvalue weighted by molar-refractivity contribution is 5.64. The van der Waals surface area contributed by atoms with Crippen LogP contribution in [-0.4, -0.2) is 46.3 Å². The number of nitrogens with zero attached hydrogens (tertiary/aromatic N) is 5. The summed E-state index contributed by atoms with van der Waals surface area (Å²) in [6.45, 7) is 4.26. The first-order valence-electron chi connectivity index (χ1n) is 8.87. The number of aromatic nitrogens is 5. The van der Waals surface area contributed by atoms with Crippen molar-refractivity contribution in [1.29, 1.82) is 0 Å². The summed E-state index contributed by atoms with van der Waals surface area (Å²) in [5, 5.41) is 22.3. The molecule has 2 aromatic heterocycles. The van der Waals surface area contributed by atoms with Crippen LogP contribution in [0.2, 0.25) is 0 Å². The van der Waals surface area contributed by atoms with Gasteiger partial charge in [-0.3, -0.25) is 0 Å². The van der Waals surface area contributed by atoms with Gasteiger partial charge in [-0.1, -0.05) is 11.1 Å². The zero-order valence-electron chi connectivity index (χ0n) is 14.8. The fourth-order valence-electron chi connectivity index (χ4n) is 2.94. The van der Waals surface area contributed by atoms with Gasteiger partial charge in [0, 0.05) is 24.8 Å². The molecule has 0 radical (unpaired) electrons. The number of fused-ring (bicyclic) bond motifs is 2. The van der Waals surface area contributed by atoms with Crippen LogP contribution in [0.5, 0.6) is 11.5 Å². The normalized spacial score (nSPS) is 12.7. The van der Waals surface area contributed by atoms with E-state index in [0.29, 0.717) is 29.3 Å². The number of hydrogen-bond acceptors (Lipinski definition) is 8. The lowest BCUT2D eigenvalue weighted by molar-refractivity contribution is -0.648. The summed E-state index contributed by atoms with van der Waals surface area (Å²) < 4.78 is 12.3. The average Bonchev–Trinajstić information content (AvgIpc) is 3.28. The summed E-state index contributed by atoms with van der Waals surface area (Å²) >= 11 is 0. The van der Waals surface area contributed by atoms with Gasteiger partial charge in [0.05, 0.1) is 12.7 Å². The first-order chi connectivity index (χ1) is 13.3. The molecule has 0 aliphatic carbocycles. The van der Waals surface area contributed by atoms with E-state index in [-0.39, 0.29) is 0 Å². The van der Waals surface area contributed by atoms with E-state index in [1.165, 1.54) is 6.33 Å². The van der Waals surface area contributed by atoms with E-state index in [4.69, 9.17) is 9.47 Å². The zero-order chi connectivity index (χ0) is 18.5. The van der Waals surface area contributed by atoms with Crippen molar-refractivity contribution in [2.75, 3.05) is 26.4 Å². The van der Waals surface area contributed by atoms with Gasteiger partial charge in [-0.25, -0.2) is 4.98 Å². The Labute approximate surface area is 155 Å². The molecule has 0 saturated heterocycles. The Hall–Kier alpha value is -2.98. The molecule has 0 atom stereocenters. The van der Waals surface area contributed by atoms with Crippen molar-refractivity contribution in [2.24, 2.45) is 0 Å². The van der Waals surface area contributed by atoms with E-state index in [0.717, 1.165) is 49.7 Å². The Morgan fingerprint density at radius 2 is 2.04 bits per heavy atom. The Bertz CT molecular complexity index is 915. The largest absolute Gasteiger partial charge is 0.721 e. The monoisotopic (exact) mass is 371 g/mol. The molecule has 4 rings (SSSR count). The van der Waals surface area contributed by atoms with Crippen LogP contribution < -0.4 is 25.0 Å². The van der Waals surface area contributed by atoms with Gasteiger partial charge in [0.2, 0.25) is 12.3 Å². The fraction of sp³-hybridized carbons (Fsp3) is 0.412. The molecule has 1 aliphatic heterocycles. The predicted octanol–water partition coefficient (Wildman–Crippen LogP) is -0.0421. The summed E-state index contributed by atoms with van der Waals surface area (Å²) in [6.07, 6.45) is 3.81. The lowest BCUT2D eigenvalue weighted by Crippen LogP contribution is -2.31. The summed E-state index contributed by atoms with van der Waals surface area (Å²) in [5.74, 6) is 1.61. The van der Waals surface area contributed by atoms with E-state index < -0.39 is 0 Å². The van der Waals surface area contributed by atoms with Gasteiger partial charge >= 0.3 is 5.65 Å². The Morgan fingerprint density at radius 3 is 3.00 bits per heavy atom. The molecular formula is C17H21N7O3. The summed E-state index contributed by atoms with van der Waals surface area (Å²) in [7, 11) is 0. The smallest absolute Gasteiger partial charge is 0.327 e. The third kappa shape index (κ3) is 4.07. The number of ether oxygens (including phenoxy) is 2. The minimum absolute atomic E-state index is 0.297. The van der Waals surface area contributed by atoms with Crippen molar-refractivity contribution in [2.45, 2.75) is 19.5 Å². The van der Waals surface area contributed by atoms with Gasteiger partial charge < -0.3 is 25.3 Å². The molecule has 0 bridgehead atoms. The quantitative estimate of drug-likeness (QED) is 0.306.